The van der Waals surface area contributed by atoms with E-state index >= 15 is 0 Å². The molecule has 96 valence electrons. The molecule has 18 heavy (non-hydrogen) atoms. The molecule has 2 aromatic rings. The fourth-order valence-electron chi connectivity index (χ4n) is 1.86. The Balaban J connectivity index is 2.53. The number of ether oxygens (including phenoxy) is 1. The van der Waals surface area contributed by atoms with Crippen LogP contribution in [-0.2, 0) is 0 Å². The third kappa shape index (κ3) is 2.16. The van der Waals surface area contributed by atoms with Gasteiger partial charge in [0.05, 0.1) is 7.11 Å². The van der Waals surface area contributed by atoms with Gasteiger partial charge in [0.25, 0.3) is 0 Å². The number of aromatic nitrogens is 3. The van der Waals surface area contributed by atoms with E-state index in [2.05, 4.69) is 10.2 Å². The molecule has 2 rings (SSSR count). The van der Waals surface area contributed by atoms with E-state index in [0.29, 0.717) is 5.82 Å². The van der Waals surface area contributed by atoms with E-state index in [9.17, 15) is 4.79 Å². The summed E-state index contributed by atoms with van der Waals surface area (Å²) in [5, 5.41) is 6.61. The van der Waals surface area contributed by atoms with Gasteiger partial charge in [0.15, 0.2) is 5.82 Å². The average Bonchev–Trinajstić information content (AvgIpc) is 2.80. The van der Waals surface area contributed by atoms with Gasteiger partial charge in [0, 0.05) is 11.6 Å². The second-order valence-corrected chi connectivity index (χ2v) is 4.21. The number of hydrogen-bond donors (Lipinski definition) is 1. The first kappa shape index (κ1) is 12.4. The molecule has 0 radical (unpaired) electrons. The number of rotatable bonds is 4. The lowest BCUT2D eigenvalue weighted by Gasteiger charge is -2.12. The normalized spacial score (nSPS) is 12.4. The zero-order chi connectivity index (χ0) is 13.1. The van der Waals surface area contributed by atoms with Gasteiger partial charge in [-0.1, -0.05) is 19.1 Å². The van der Waals surface area contributed by atoms with Crippen LogP contribution in [0.1, 0.15) is 26.3 Å². The van der Waals surface area contributed by atoms with Gasteiger partial charge in [-0.25, -0.2) is 9.89 Å². The van der Waals surface area contributed by atoms with Gasteiger partial charge < -0.3 is 4.74 Å². The number of nitrogens with one attached hydrogen (secondary N) is 1. The Morgan fingerprint density at radius 1 is 1.50 bits per heavy atom. The summed E-state index contributed by atoms with van der Waals surface area (Å²) in [6.45, 7) is 4.04. The summed E-state index contributed by atoms with van der Waals surface area (Å²) in [5.41, 5.74) is 0.690. The fraction of sp³-hybridized carbons (Fsp3) is 0.385. The Morgan fingerprint density at radius 2 is 2.28 bits per heavy atom. The van der Waals surface area contributed by atoms with Crippen LogP contribution < -0.4 is 10.4 Å². The third-order valence-electron chi connectivity index (χ3n) is 3.06. The lowest BCUT2D eigenvalue weighted by atomic mass is 10.2. The number of nitrogens with zero attached hydrogens (tertiary/aromatic N) is 2. The molecule has 1 aromatic carbocycles. The molecule has 0 fully saturated rings. The number of hydrogen-bond acceptors (Lipinski definition) is 3. The number of benzene rings is 1. The zero-order valence-electron chi connectivity index (χ0n) is 10.8. The van der Waals surface area contributed by atoms with Gasteiger partial charge in [-0.15, -0.1) is 0 Å². The van der Waals surface area contributed by atoms with Gasteiger partial charge >= 0.3 is 5.69 Å². The molecule has 1 heterocycles. The van der Waals surface area contributed by atoms with Crippen molar-refractivity contribution in [1.29, 1.82) is 0 Å². The highest BCUT2D eigenvalue weighted by Crippen LogP contribution is 2.23. The van der Waals surface area contributed by atoms with Crippen molar-refractivity contribution in [2.24, 2.45) is 0 Å². The van der Waals surface area contributed by atoms with Crippen molar-refractivity contribution in [2.75, 3.05) is 7.11 Å². The lowest BCUT2D eigenvalue weighted by molar-refractivity contribution is 0.415. The largest absolute Gasteiger partial charge is 0.497 e. The van der Waals surface area contributed by atoms with Crippen LogP contribution in [0.4, 0.5) is 0 Å². The van der Waals surface area contributed by atoms with Crippen molar-refractivity contribution in [3.05, 3.63) is 34.7 Å². The first-order chi connectivity index (χ1) is 8.67. The maximum atomic E-state index is 11.8. The monoisotopic (exact) mass is 247 g/mol. The van der Waals surface area contributed by atoms with Gasteiger partial charge in [-0.2, -0.15) is 5.10 Å². The third-order valence-corrected chi connectivity index (χ3v) is 3.06. The molecule has 0 bridgehead atoms. The number of methoxy groups -OCH3 is 1. The second kappa shape index (κ2) is 5.08. The molecule has 1 N–H and O–H groups in total. The van der Waals surface area contributed by atoms with Gasteiger partial charge in [-0.3, -0.25) is 4.57 Å². The van der Waals surface area contributed by atoms with E-state index in [1.54, 1.807) is 11.7 Å². The lowest BCUT2D eigenvalue weighted by Crippen LogP contribution is -2.20. The van der Waals surface area contributed by atoms with Crippen LogP contribution in [0.25, 0.3) is 11.4 Å². The molecule has 0 aliphatic heterocycles. The highest BCUT2D eigenvalue weighted by molar-refractivity contribution is 5.57. The first-order valence-corrected chi connectivity index (χ1v) is 5.98. The van der Waals surface area contributed by atoms with E-state index in [0.717, 1.165) is 17.7 Å². The van der Waals surface area contributed by atoms with Crippen LogP contribution >= 0.6 is 0 Å². The SMILES string of the molecule is CCC(C)n1c(-c2cccc(OC)c2)n[nH]c1=O. The number of aromatic amines is 1. The predicted molar refractivity (Wildman–Crippen MR) is 69.8 cm³/mol. The van der Waals surface area contributed by atoms with Gasteiger partial charge in [0.1, 0.15) is 5.75 Å². The molecule has 0 saturated carbocycles. The summed E-state index contributed by atoms with van der Waals surface area (Å²) in [5.74, 6) is 1.40. The van der Waals surface area contributed by atoms with Crippen LogP contribution in [0.5, 0.6) is 5.75 Å². The minimum absolute atomic E-state index is 0.109. The molecule has 5 nitrogen and oxygen atoms in total. The second-order valence-electron chi connectivity index (χ2n) is 4.21. The van der Waals surface area contributed by atoms with E-state index in [1.807, 2.05) is 38.1 Å². The van der Waals surface area contributed by atoms with Crippen LogP contribution in [-0.4, -0.2) is 21.9 Å². The molecule has 0 aliphatic rings. The van der Waals surface area contributed by atoms with E-state index in [-0.39, 0.29) is 11.7 Å². The van der Waals surface area contributed by atoms with Gasteiger partial charge in [0.2, 0.25) is 0 Å². The van der Waals surface area contributed by atoms with Crippen molar-refractivity contribution >= 4 is 0 Å². The van der Waals surface area contributed by atoms with E-state index < -0.39 is 0 Å². The van der Waals surface area contributed by atoms with E-state index in [4.69, 9.17) is 4.74 Å². The van der Waals surface area contributed by atoms with Gasteiger partial charge in [-0.05, 0) is 25.5 Å². The smallest absolute Gasteiger partial charge is 0.343 e. The van der Waals surface area contributed by atoms with E-state index in [1.165, 1.54) is 0 Å². The molecular weight excluding hydrogens is 230 g/mol. The van der Waals surface area contributed by atoms with Crippen molar-refractivity contribution in [2.45, 2.75) is 26.3 Å². The number of H-pyrrole nitrogens is 1. The Hall–Kier alpha value is -2.04. The molecule has 5 heteroatoms. The van der Waals surface area contributed by atoms with Crippen LogP contribution in [0.15, 0.2) is 29.1 Å². The molecule has 0 spiro atoms. The molecule has 0 amide bonds. The quantitative estimate of drug-likeness (QED) is 0.901. The van der Waals surface area contributed by atoms with Crippen molar-refractivity contribution < 1.29 is 4.74 Å². The predicted octanol–water partition coefficient (Wildman–Crippen LogP) is 2.22. The zero-order valence-corrected chi connectivity index (χ0v) is 10.8. The summed E-state index contributed by atoms with van der Waals surface area (Å²) in [7, 11) is 1.62. The Bertz CT molecular complexity index is 586. The molecule has 0 saturated heterocycles. The van der Waals surface area contributed by atoms with Crippen LogP contribution in [0.3, 0.4) is 0 Å². The van der Waals surface area contributed by atoms with Crippen LogP contribution in [0.2, 0.25) is 0 Å². The summed E-state index contributed by atoms with van der Waals surface area (Å²) >= 11 is 0. The topological polar surface area (TPSA) is 59.9 Å². The average molecular weight is 247 g/mol. The summed E-state index contributed by atoms with van der Waals surface area (Å²) in [6.07, 6.45) is 0.871. The summed E-state index contributed by atoms with van der Waals surface area (Å²) in [6, 6.07) is 7.64. The fourth-order valence-corrected chi connectivity index (χ4v) is 1.86. The first-order valence-electron chi connectivity index (χ1n) is 5.98. The highest BCUT2D eigenvalue weighted by Gasteiger charge is 2.15. The minimum Gasteiger partial charge on any atom is -0.497 e. The van der Waals surface area contributed by atoms with Crippen molar-refractivity contribution in [1.82, 2.24) is 14.8 Å². The maximum absolute atomic E-state index is 11.8. The molecule has 1 unspecified atom stereocenters. The molecule has 1 atom stereocenters. The molecule has 0 aliphatic carbocycles. The van der Waals surface area contributed by atoms with Crippen molar-refractivity contribution in [3.63, 3.8) is 0 Å². The minimum atomic E-state index is -0.179. The molecule has 1 aromatic heterocycles. The summed E-state index contributed by atoms with van der Waals surface area (Å²) in [4.78, 5) is 11.8. The highest BCUT2D eigenvalue weighted by atomic mass is 16.5. The summed E-state index contributed by atoms with van der Waals surface area (Å²) < 4.78 is 6.86. The standard InChI is InChI=1S/C13H17N3O2/c1-4-9(2)16-12(14-15-13(16)17)10-6-5-7-11(8-10)18-3/h5-9H,4H2,1-3H3,(H,15,17). The molecular formula is C13H17N3O2. The van der Waals surface area contributed by atoms with Crippen molar-refractivity contribution in [3.8, 4) is 17.1 Å². The Labute approximate surface area is 105 Å². The Kier molecular flexibility index (Phi) is 3.50. The maximum Gasteiger partial charge on any atom is 0.343 e. The Morgan fingerprint density at radius 3 is 2.94 bits per heavy atom. The van der Waals surface area contributed by atoms with Crippen LogP contribution in [0, 0.1) is 0 Å².